The summed E-state index contributed by atoms with van der Waals surface area (Å²) in [7, 11) is 1.70. The molecule has 0 unspecified atom stereocenters. The van der Waals surface area contributed by atoms with Gasteiger partial charge in [0.2, 0.25) is 0 Å². The number of carboxylic acid groups (broad SMARTS) is 1. The fourth-order valence-electron chi connectivity index (χ4n) is 1.91. The maximum atomic E-state index is 13.8. The summed E-state index contributed by atoms with van der Waals surface area (Å²) in [6.07, 6.45) is 2.45. The van der Waals surface area contributed by atoms with Crippen LogP contribution >= 0.6 is 0 Å². The Bertz CT molecular complexity index is 503. The van der Waals surface area contributed by atoms with Crippen LogP contribution in [0.1, 0.15) is 23.2 Å². The van der Waals surface area contributed by atoms with E-state index in [4.69, 9.17) is 15.6 Å². The van der Waals surface area contributed by atoms with Gasteiger partial charge in [-0.1, -0.05) is 0 Å². The topological polar surface area (TPSA) is 75.8 Å². The minimum absolute atomic E-state index is 0.0721. The van der Waals surface area contributed by atoms with Gasteiger partial charge in [0.15, 0.2) is 0 Å². The van der Waals surface area contributed by atoms with Crippen LogP contribution in [0.3, 0.4) is 0 Å². The molecule has 0 radical (unpaired) electrons. The minimum atomic E-state index is -1.16. The van der Waals surface area contributed by atoms with Crippen molar-refractivity contribution in [2.45, 2.75) is 12.8 Å². The average Bonchev–Trinajstić information content (AvgIpc) is 3.18. The molecule has 0 aliphatic heterocycles. The fourth-order valence-corrected chi connectivity index (χ4v) is 1.91. The van der Waals surface area contributed by atoms with E-state index in [1.54, 1.807) is 11.9 Å². The van der Waals surface area contributed by atoms with Gasteiger partial charge in [0.1, 0.15) is 5.82 Å². The number of halogens is 1. The number of rotatable bonds is 7. The molecule has 5 nitrogen and oxygen atoms in total. The van der Waals surface area contributed by atoms with Gasteiger partial charge < -0.3 is 20.5 Å². The summed E-state index contributed by atoms with van der Waals surface area (Å²) in [4.78, 5) is 12.6. The number of nitrogens with two attached hydrogens (primary N) is 1. The van der Waals surface area contributed by atoms with E-state index in [1.807, 2.05) is 0 Å². The molecule has 0 amide bonds. The van der Waals surface area contributed by atoms with E-state index < -0.39 is 11.8 Å². The van der Waals surface area contributed by atoms with E-state index in [-0.39, 0.29) is 16.9 Å². The number of hydrogen-bond acceptors (Lipinski definition) is 4. The molecule has 3 N–H and O–H groups in total. The summed E-state index contributed by atoms with van der Waals surface area (Å²) in [6, 6.07) is 2.30. The lowest BCUT2D eigenvalue weighted by molar-refractivity contribution is 0.0698. The summed E-state index contributed by atoms with van der Waals surface area (Å²) in [6.45, 7) is 1.73. The molecule has 1 aromatic rings. The van der Waals surface area contributed by atoms with Crippen LogP contribution in [0.4, 0.5) is 15.8 Å². The molecule has 6 heteroatoms. The van der Waals surface area contributed by atoms with Gasteiger partial charge in [0, 0.05) is 25.9 Å². The van der Waals surface area contributed by atoms with Crippen molar-refractivity contribution in [2.24, 2.45) is 5.92 Å². The third-order valence-corrected chi connectivity index (χ3v) is 3.38. The fraction of sp³-hybridized carbons (Fsp3) is 0.500. The number of nitrogen functional groups attached to an aromatic ring is 1. The number of aromatic carboxylic acids is 1. The van der Waals surface area contributed by atoms with Crippen LogP contribution in [0, 0.1) is 11.7 Å². The van der Waals surface area contributed by atoms with Crippen LogP contribution < -0.4 is 10.6 Å². The highest BCUT2D eigenvalue weighted by Crippen LogP contribution is 2.29. The lowest BCUT2D eigenvalue weighted by Gasteiger charge is -2.21. The monoisotopic (exact) mass is 282 g/mol. The molecule has 0 bridgehead atoms. The van der Waals surface area contributed by atoms with Gasteiger partial charge >= 0.3 is 5.97 Å². The smallest absolute Gasteiger partial charge is 0.337 e. The SMILES string of the molecule is CN(CCOCC1CC1)c1cc(C(=O)O)c(N)cc1F. The van der Waals surface area contributed by atoms with E-state index >= 15 is 0 Å². The van der Waals surface area contributed by atoms with Gasteiger partial charge in [-0.2, -0.15) is 0 Å². The van der Waals surface area contributed by atoms with E-state index in [9.17, 15) is 9.18 Å². The molecule has 0 heterocycles. The molecule has 1 aromatic carbocycles. The second-order valence-corrected chi connectivity index (χ2v) is 5.14. The van der Waals surface area contributed by atoms with Gasteiger partial charge in [-0.25, -0.2) is 9.18 Å². The number of nitrogens with zero attached hydrogens (tertiary/aromatic N) is 1. The lowest BCUT2D eigenvalue weighted by Crippen LogP contribution is -2.24. The highest BCUT2D eigenvalue weighted by molar-refractivity contribution is 5.95. The molecule has 20 heavy (non-hydrogen) atoms. The summed E-state index contributed by atoms with van der Waals surface area (Å²) >= 11 is 0. The Labute approximate surface area is 117 Å². The van der Waals surface area contributed by atoms with Crippen molar-refractivity contribution in [3.05, 3.63) is 23.5 Å². The minimum Gasteiger partial charge on any atom is -0.478 e. The summed E-state index contributed by atoms with van der Waals surface area (Å²) in [5.41, 5.74) is 5.54. The first-order chi connectivity index (χ1) is 9.49. The quantitative estimate of drug-likeness (QED) is 0.590. The van der Waals surface area contributed by atoms with E-state index in [1.165, 1.54) is 18.9 Å². The van der Waals surface area contributed by atoms with E-state index in [2.05, 4.69) is 0 Å². The molecule has 0 aromatic heterocycles. The van der Waals surface area contributed by atoms with Crippen molar-refractivity contribution in [3.8, 4) is 0 Å². The first-order valence-corrected chi connectivity index (χ1v) is 6.60. The zero-order valence-electron chi connectivity index (χ0n) is 11.4. The number of likely N-dealkylation sites (N-methyl/N-ethyl adjacent to an activating group) is 1. The zero-order chi connectivity index (χ0) is 14.7. The lowest BCUT2D eigenvalue weighted by atomic mass is 10.1. The molecule has 1 aliphatic carbocycles. The number of hydrogen-bond donors (Lipinski definition) is 2. The van der Waals surface area contributed by atoms with Crippen molar-refractivity contribution in [1.82, 2.24) is 0 Å². The largest absolute Gasteiger partial charge is 0.478 e. The van der Waals surface area contributed by atoms with Gasteiger partial charge in [-0.05, 0) is 30.9 Å². The van der Waals surface area contributed by atoms with Crippen molar-refractivity contribution in [1.29, 1.82) is 0 Å². The van der Waals surface area contributed by atoms with Gasteiger partial charge in [-0.3, -0.25) is 0 Å². The van der Waals surface area contributed by atoms with Crippen molar-refractivity contribution < 1.29 is 19.0 Å². The predicted molar refractivity (Wildman–Crippen MR) is 74.6 cm³/mol. The zero-order valence-corrected chi connectivity index (χ0v) is 11.4. The Hall–Kier alpha value is -1.82. The molecular weight excluding hydrogens is 263 g/mol. The predicted octanol–water partition coefficient (Wildman–Crippen LogP) is 1.97. The van der Waals surface area contributed by atoms with Crippen LogP contribution in [0.25, 0.3) is 0 Å². The second kappa shape index (κ2) is 6.09. The Morgan fingerprint density at radius 1 is 1.55 bits per heavy atom. The van der Waals surface area contributed by atoms with E-state index in [0.29, 0.717) is 19.1 Å². The molecule has 1 fully saturated rings. The average molecular weight is 282 g/mol. The van der Waals surface area contributed by atoms with Crippen molar-refractivity contribution in [2.75, 3.05) is 37.4 Å². The third-order valence-electron chi connectivity index (χ3n) is 3.38. The van der Waals surface area contributed by atoms with Crippen LogP contribution in [-0.4, -0.2) is 37.9 Å². The highest BCUT2D eigenvalue weighted by Gasteiger charge is 2.21. The third kappa shape index (κ3) is 3.60. The second-order valence-electron chi connectivity index (χ2n) is 5.14. The standard InChI is InChI=1S/C14H19FN2O3/c1-17(4-5-20-8-9-2-3-9)13-6-10(14(18)19)12(16)7-11(13)15/h6-7,9H,2-5,8,16H2,1H3,(H,18,19). The Balaban J connectivity index is 1.98. The molecule has 0 spiro atoms. The summed E-state index contributed by atoms with van der Waals surface area (Å²) in [5, 5.41) is 9.00. The first-order valence-electron chi connectivity index (χ1n) is 6.60. The first kappa shape index (κ1) is 14.6. The number of benzene rings is 1. The van der Waals surface area contributed by atoms with Gasteiger partial charge in [0.05, 0.1) is 17.9 Å². The number of ether oxygens (including phenoxy) is 1. The van der Waals surface area contributed by atoms with Crippen LogP contribution in [0.2, 0.25) is 0 Å². The highest BCUT2D eigenvalue weighted by atomic mass is 19.1. The van der Waals surface area contributed by atoms with E-state index in [0.717, 1.165) is 12.7 Å². The Kier molecular flexibility index (Phi) is 4.44. The number of carbonyl (C=O) groups is 1. The summed E-state index contributed by atoms with van der Waals surface area (Å²) in [5.74, 6) is -1.01. The molecule has 0 atom stereocenters. The van der Waals surface area contributed by atoms with Crippen molar-refractivity contribution in [3.63, 3.8) is 0 Å². The Morgan fingerprint density at radius 2 is 2.25 bits per heavy atom. The van der Waals surface area contributed by atoms with Gasteiger partial charge in [-0.15, -0.1) is 0 Å². The maximum absolute atomic E-state index is 13.8. The normalized spacial score (nSPS) is 14.3. The molecule has 110 valence electrons. The Morgan fingerprint density at radius 3 is 2.85 bits per heavy atom. The maximum Gasteiger partial charge on any atom is 0.337 e. The van der Waals surface area contributed by atoms with Crippen LogP contribution in [0.15, 0.2) is 12.1 Å². The van der Waals surface area contributed by atoms with Crippen molar-refractivity contribution >= 4 is 17.3 Å². The molecule has 0 saturated heterocycles. The van der Waals surface area contributed by atoms with Gasteiger partial charge in [0.25, 0.3) is 0 Å². The molecule has 1 aliphatic rings. The van der Waals surface area contributed by atoms with Crippen LogP contribution in [-0.2, 0) is 4.74 Å². The molecule has 2 rings (SSSR count). The molecular formula is C14H19FN2O3. The number of carboxylic acids is 1. The summed E-state index contributed by atoms with van der Waals surface area (Å²) < 4.78 is 19.3. The van der Waals surface area contributed by atoms with Crippen LogP contribution in [0.5, 0.6) is 0 Å². The molecule has 1 saturated carbocycles. The number of anilines is 2.